The van der Waals surface area contributed by atoms with E-state index in [-0.39, 0.29) is 18.0 Å². The Hall–Kier alpha value is -2.13. The van der Waals surface area contributed by atoms with Crippen LogP contribution in [0.25, 0.3) is 0 Å². The van der Waals surface area contributed by atoms with E-state index in [1.165, 1.54) is 37.1 Å². The van der Waals surface area contributed by atoms with Gasteiger partial charge in [0.25, 0.3) is 5.91 Å². The number of anilines is 1. The molecule has 0 radical (unpaired) electrons. The summed E-state index contributed by atoms with van der Waals surface area (Å²) < 4.78 is 20.8. The first-order valence-electron chi connectivity index (χ1n) is 8.97. The predicted molar refractivity (Wildman–Crippen MR) is 114 cm³/mol. The number of rotatable bonds is 9. The van der Waals surface area contributed by atoms with E-state index in [1.54, 1.807) is 0 Å². The van der Waals surface area contributed by atoms with Crippen LogP contribution in [0.2, 0.25) is 0 Å². The number of hydrogen-bond donors (Lipinski definition) is 3. The molecule has 1 aliphatic carbocycles. The van der Waals surface area contributed by atoms with E-state index in [0.717, 1.165) is 12.2 Å². The minimum Gasteiger partial charge on any atom is -0.487 e. The van der Waals surface area contributed by atoms with E-state index >= 15 is 0 Å². The summed E-state index contributed by atoms with van der Waals surface area (Å²) in [6, 6.07) is 7.79. The topological polar surface area (TPSA) is 87.7 Å². The summed E-state index contributed by atoms with van der Waals surface area (Å²) in [6.07, 6.45) is 2.43. The fourth-order valence-electron chi connectivity index (χ4n) is 2.66. The molecule has 0 unspecified atom stereocenters. The highest BCUT2D eigenvalue weighted by atomic mass is 79.9. The molecule has 1 fully saturated rings. The molecule has 0 saturated heterocycles. The SMILES string of the molecule is O=C(O)CNC(=O)c1cc(Br)c(OCc2cc(F)cc(NCC3CC3)c2)c(Br)c1. The zero-order valence-corrected chi connectivity index (χ0v) is 18.5. The Morgan fingerprint density at radius 3 is 2.45 bits per heavy atom. The average molecular weight is 530 g/mol. The Morgan fingerprint density at radius 1 is 1.14 bits per heavy atom. The van der Waals surface area contributed by atoms with E-state index in [9.17, 15) is 14.0 Å². The number of carbonyl (C=O) groups excluding carboxylic acids is 1. The van der Waals surface area contributed by atoms with Gasteiger partial charge in [-0.05, 0) is 86.5 Å². The molecule has 1 saturated carbocycles. The summed E-state index contributed by atoms with van der Waals surface area (Å²) in [5.74, 6) is -0.852. The first-order chi connectivity index (χ1) is 13.8. The summed E-state index contributed by atoms with van der Waals surface area (Å²) in [5.41, 5.74) is 1.67. The molecule has 1 aliphatic rings. The molecule has 3 rings (SSSR count). The van der Waals surface area contributed by atoms with Crippen LogP contribution in [-0.4, -0.2) is 30.1 Å². The van der Waals surface area contributed by atoms with Crippen molar-refractivity contribution in [3.05, 3.63) is 56.2 Å². The molecule has 1 amide bonds. The van der Waals surface area contributed by atoms with Crippen LogP contribution in [0.3, 0.4) is 0 Å². The number of halogens is 3. The Morgan fingerprint density at radius 2 is 1.83 bits per heavy atom. The van der Waals surface area contributed by atoms with Crippen molar-refractivity contribution in [2.24, 2.45) is 5.92 Å². The second-order valence-electron chi connectivity index (χ2n) is 6.81. The molecule has 0 atom stereocenters. The third-order valence-electron chi connectivity index (χ3n) is 4.29. The zero-order chi connectivity index (χ0) is 21.0. The van der Waals surface area contributed by atoms with Gasteiger partial charge in [0.2, 0.25) is 0 Å². The van der Waals surface area contributed by atoms with Crippen LogP contribution < -0.4 is 15.4 Å². The number of ether oxygens (including phenoxy) is 1. The molecule has 0 bridgehead atoms. The molecule has 0 aliphatic heterocycles. The number of carboxylic acid groups (broad SMARTS) is 1. The lowest BCUT2D eigenvalue weighted by Gasteiger charge is -2.13. The maximum Gasteiger partial charge on any atom is 0.322 e. The smallest absolute Gasteiger partial charge is 0.322 e. The molecule has 0 spiro atoms. The fraction of sp³-hybridized carbons (Fsp3) is 0.300. The van der Waals surface area contributed by atoms with Gasteiger partial charge in [-0.3, -0.25) is 9.59 Å². The number of carbonyl (C=O) groups is 2. The van der Waals surface area contributed by atoms with Crippen molar-refractivity contribution in [3.8, 4) is 5.75 Å². The fourth-order valence-corrected chi connectivity index (χ4v) is 4.08. The van der Waals surface area contributed by atoms with E-state index in [4.69, 9.17) is 9.84 Å². The van der Waals surface area contributed by atoms with Gasteiger partial charge in [0.1, 0.15) is 24.7 Å². The van der Waals surface area contributed by atoms with Crippen molar-refractivity contribution < 1.29 is 23.8 Å². The first-order valence-corrected chi connectivity index (χ1v) is 10.6. The van der Waals surface area contributed by atoms with Crippen LogP contribution in [-0.2, 0) is 11.4 Å². The van der Waals surface area contributed by atoms with Crippen LogP contribution in [0.15, 0.2) is 39.3 Å². The number of hydrogen-bond acceptors (Lipinski definition) is 4. The standard InChI is InChI=1S/C20H19Br2FN2O4/c21-16-5-13(20(28)25-9-18(26)27)6-17(22)19(16)29-10-12-3-14(23)7-15(4-12)24-8-11-1-2-11/h3-7,11,24H,1-2,8-10H2,(H,25,28)(H,26,27). The minimum atomic E-state index is -1.13. The highest BCUT2D eigenvalue weighted by Gasteiger charge is 2.20. The maximum atomic E-state index is 13.9. The van der Waals surface area contributed by atoms with Crippen molar-refractivity contribution >= 4 is 49.4 Å². The third-order valence-corrected chi connectivity index (χ3v) is 5.47. The first kappa shape index (κ1) is 21.6. The van der Waals surface area contributed by atoms with Crippen molar-refractivity contribution in [3.63, 3.8) is 0 Å². The summed E-state index contributed by atoms with van der Waals surface area (Å²) in [6.45, 7) is 0.507. The van der Waals surface area contributed by atoms with Gasteiger partial charge in [0.05, 0.1) is 8.95 Å². The molecule has 0 heterocycles. The van der Waals surface area contributed by atoms with Crippen molar-refractivity contribution in [1.82, 2.24) is 5.32 Å². The van der Waals surface area contributed by atoms with Gasteiger partial charge in [-0.25, -0.2) is 4.39 Å². The molecular formula is C20H19Br2FN2O4. The van der Waals surface area contributed by atoms with Crippen molar-refractivity contribution in [1.29, 1.82) is 0 Å². The molecule has 6 nitrogen and oxygen atoms in total. The summed E-state index contributed by atoms with van der Waals surface area (Å²) in [7, 11) is 0. The Balaban J connectivity index is 1.67. The second-order valence-corrected chi connectivity index (χ2v) is 8.52. The molecule has 2 aromatic rings. The van der Waals surface area contributed by atoms with Crippen LogP contribution in [0, 0.1) is 11.7 Å². The molecular weight excluding hydrogens is 511 g/mol. The number of aliphatic carboxylic acids is 1. The van der Waals surface area contributed by atoms with E-state index < -0.39 is 18.4 Å². The Bertz CT molecular complexity index is 912. The largest absolute Gasteiger partial charge is 0.487 e. The normalized spacial score (nSPS) is 13.1. The zero-order valence-electron chi connectivity index (χ0n) is 15.3. The number of benzene rings is 2. The van der Waals surface area contributed by atoms with Crippen LogP contribution in [0.4, 0.5) is 10.1 Å². The second kappa shape index (κ2) is 9.58. The maximum absolute atomic E-state index is 13.9. The van der Waals surface area contributed by atoms with Crippen molar-refractivity contribution in [2.75, 3.05) is 18.4 Å². The lowest BCUT2D eigenvalue weighted by molar-refractivity contribution is -0.135. The monoisotopic (exact) mass is 528 g/mol. The highest BCUT2D eigenvalue weighted by Crippen LogP contribution is 2.35. The van der Waals surface area contributed by atoms with Crippen LogP contribution in [0.1, 0.15) is 28.8 Å². The molecule has 2 aromatic carbocycles. The van der Waals surface area contributed by atoms with E-state index in [0.29, 0.717) is 26.2 Å². The van der Waals surface area contributed by atoms with Gasteiger partial charge in [-0.15, -0.1) is 0 Å². The van der Waals surface area contributed by atoms with Crippen molar-refractivity contribution in [2.45, 2.75) is 19.4 Å². The molecule has 154 valence electrons. The molecule has 9 heteroatoms. The quantitative estimate of drug-likeness (QED) is 0.443. The number of carboxylic acids is 1. The lowest BCUT2D eigenvalue weighted by Crippen LogP contribution is -2.29. The van der Waals surface area contributed by atoms with Gasteiger partial charge in [-0.1, -0.05) is 0 Å². The number of amides is 1. The summed E-state index contributed by atoms with van der Waals surface area (Å²) in [5, 5.41) is 14.2. The summed E-state index contributed by atoms with van der Waals surface area (Å²) >= 11 is 6.72. The predicted octanol–water partition coefficient (Wildman–Crippen LogP) is 4.57. The molecule has 3 N–H and O–H groups in total. The number of nitrogens with one attached hydrogen (secondary N) is 2. The lowest BCUT2D eigenvalue weighted by atomic mass is 10.2. The third kappa shape index (κ3) is 6.43. The minimum absolute atomic E-state index is 0.137. The Labute approximate surface area is 184 Å². The van der Waals surface area contributed by atoms with Gasteiger partial charge in [0, 0.05) is 17.8 Å². The van der Waals surface area contributed by atoms with Gasteiger partial charge < -0.3 is 20.5 Å². The molecule has 0 aromatic heterocycles. The van der Waals surface area contributed by atoms with Gasteiger partial charge >= 0.3 is 5.97 Å². The van der Waals surface area contributed by atoms with Gasteiger partial charge in [-0.2, -0.15) is 0 Å². The summed E-state index contributed by atoms with van der Waals surface area (Å²) in [4.78, 5) is 22.6. The van der Waals surface area contributed by atoms with Crippen LogP contribution >= 0.6 is 31.9 Å². The van der Waals surface area contributed by atoms with E-state index in [1.807, 2.05) is 6.07 Å². The van der Waals surface area contributed by atoms with Crippen LogP contribution in [0.5, 0.6) is 5.75 Å². The molecule has 29 heavy (non-hydrogen) atoms. The Kier molecular flexibility index (Phi) is 7.13. The van der Waals surface area contributed by atoms with E-state index in [2.05, 4.69) is 42.5 Å². The van der Waals surface area contributed by atoms with Gasteiger partial charge in [0.15, 0.2) is 0 Å². The highest BCUT2D eigenvalue weighted by molar-refractivity contribution is 9.11. The average Bonchev–Trinajstić information content (AvgIpc) is 3.47.